The van der Waals surface area contributed by atoms with Crippen molar-refractivity contribution in [3.05, 3.63) is 22.2 Å². The summed E-state index contributed by atoms with van der Waals surface area (Å²) in [6.45, 7) is 1.50. The summed E-state index contributed by atoms with van der Waals surface area (Å²) >= 11 is -0.523. The van der Waals surface area contributed by atoms with Gasteiger partial charge in [-0.2, -0.15) is 0 Å². The molecule has 12 heteroatoms. The number of aliphatic hydroxyl groups is 4. The summed E-state index contributed by atoms with van der Waals surface area (Å²) < 4.78 is 13.6. The average molecular weight is 433 g/mol. The summed E-state index contributed by atoms with van der Waals surface area (Å²) in [4.78, 5) is 12.2. The molecule has 142 valence electrons. The van der Waals surface area contributed by atoms with Crippen LogP contribution in [0.1, 0.15) is 6.92 Å². The van der Waals surface area contributed by atoms with Gasteiger partial charge in [-0.3, -0.25) is 0 Å². The fourth-order valence-electron chi connectivity index (χ4n) is 3.18. The van der Waals surface area contributed by atoms with E-state index in [0.717, 1.165) is 0 Å². The second-order valence-electron chi connectivity index (χ2n) is 5.83. The van der Waals surface area contributed by atoms with E-state index in [0.29, 0.717) is 17.7 Å². The van der Waals surface area contributed by atoms with Gasteiger partial charge in [0.25, 0.3) is 0 Å². The summed E-state index contributed by atoms with van der Waals surface area (Å²) in [5, 5.41) is 51.3. The van der Waals surface area contributed by atoms with E-state index in [1.54, 1.807) is 11.8 Å². The van der Waals surface area contributed by atoms with Crippen molar-refractivity contribution in [3.63, 3.8) is 0 Å². The molecular weight excluding hydrogens is 415 g/mol. The number of aliphatic hydroxyl groups excluding tert-OH is 4. The predicted molar refractivity (Wildman–Crippen MR) is 89.9 cm³/mol. The molecule has 1 fully saturated rings. The van der Waals surface area contributed by atoms with E-state index in [9.17, 15) is 30.5 Å². The molecule has 1 aliphatic heterocycles. The molecule has 0 amide bonds. The minimum absolute atomic E-state index is 0.163. The van der Waals surface area contributed by atoms with Crippen molar-refractivity contribution >= 4 is 37.4 Å². The Morgan fingerprint density at radius 3 is 2.58 bits per heavy atom. The summed E-state index contributed by atoms with van der Waals surface area (Å²) in [6, 6.07) is 1.73. The van der Waals surface area contributed by atoms with Crippen molar-refractivity contribution in [2.45, 2.75) is 37.6 Å². The molecule has 0 saturated carbocycles. The summed E-state index contributed by atoms with van der Waals surface area (Å²) in [6.07, 6.45) is -5.41. The van der Waals surface area contributed by atoms with Crippen molar-refractivity contribution in [3.8, 4) is 0 Å². The van der Waals surface area contributed by atoms with E-state index in [-0.39, 0.29) is 11.2 Å². The van der Waals surface area contributed by atoms with Crippen LogP contribution < -0.4 is 4.90 Å². The Labute approximate surface area is 153 Å². The van der Waals surface area contributed by atoms with Gasteiger partial charge in [-0.25, -0.2) is 0 Å². The van der Waals surface area contributed by atoms with E-state index in [1.807, 2.05) is 0 Å². The first-order chi connectivity index (χ1) is 12.4. The Hall–Kier alpha value is -1.66. The number of hydrogen-bond acceptors (Lipinski definition) is 10. The Kier molecular flexibility index (Phi) is 5.53. The van der Waals surface area contributed by atoms with Crippen LogP contribution in [0.15, 0.2) is 12.1 Å². The molecule has 5 atom stereocenters. The Morgan fingerprint density at radius 2 is 1.96 bits per heavy atom. The molecule has 2 heterocycles. The molecule has 0 spiro atoms. The number of rotatable bonds is 5. The summed E-state index contributed by atoms with van der Waals surface area (Å²) in [5.74, 6) is 0. The molecule has 1 aliphatic rings. The third-order valence-corrected chi connectivity index (χ3v) is 5.56. The fraction of sp³-hybridized carbons (Fsp3) is 0.571. The second kappa shape index (κ2) is 7.53. The Morgan fingerprint density at radius 1 is 1.27 bits per heavy atom. The Balaban J connectivity index is 2.04. The SMILES string of the molecule is CCN(c1ccc([N+](=O)[O-])c2n[se]nc12)C1C(O)OC(CO)C(O)C1O. The average Bonchev–Trinajstić information content (AvgIpc) is 3.10. The first-order valence-electron chi connectivity index (χ1n) is 7.87. The number of anilines is 1. The molecule has 11 nitrogen and oxygen atoms in total. The fourth-order valence-corrected chi connectivity index (χ4v) is 4.36. The van der Waals surface area contributed by atoms with Crippen LogP contribution in [0.5, 0.6) is 0 Å². The number of nitro groups is 1. The number of likely N-dealkylation sites (N-methyl/N-ethyl adjacent to an activating group) is 1. The quantitative estimate of drug-likeness (QED) is 0.241. The minimum atomic E-state index is -1.49. The van der Waals surface area contributed by atoms with Crippen LogP contribution in [-0.2, 0) is 4.74 Å². The van der Waals surface area contributed by atoms with Gasteiger partial charge in [0.05, 0.1) is 0 Å². The zero-order valence-electron chi connectivity index (χ0n) is 13.7. The molecular formula is C14H18N4O7Se. The van der Waals surface area contributed by atoms with Crippen LogP contribution in [0.25, 0.3) is 11.0 Å². The van der Waals surface area contributed by atoms with Crippen LogP contribution in [0.2, 0.25) is 0 Å². The van der Waals surface area contributed by atoms with Gasteiger partial charge in [-0.15, -0.1) is 0 Å². The van der Waals surface area contributed by atoms with Crippen molar-refractivity contribution in [2.75, 3.05) is 18.1 Å². The van der Waals surface area contributed by atoms with Crippen molar-refractivity contribution in [1.29, 1.82) is 0 Å². The molecule has 0 aliphatic carbocycles. The molecule has 0 radical (unpaired) electrons. The molecule has 3 rings (SSSR count). The van der Waals surface area contributed by atoms with Gasteiger partial charge in [0.1, 0.15) is 0 Å². The van der Waals surface area contributed by atoms with Crippen LogP contribution in [-0.4, -0.2) is 92.1 Å². The van der Waals surface area contributed by atoms with Crippen molar-refractivity contribution in [2.24, 2.45) is 0 Å². The van der Waals surface area contributed by atoms with E-state index < -0.39 is 57.1 Å². The first kappa shape index (κ1) is 19.1. The maximum absolute atomic E-state index is 11.2. The topological polar surface area (TPSA) is 162 Å². The van der Waals surface area contributed by atoms with Gasteiger partial charge < -0.3 is 0 Å². The molecule has 1 saturated heterocycles. The van der Waals surface area contributed by atoms with Crippen LogP contribution >= 0.6 is 0 Å². The molecule has 1 aromatic heterocycles. The molecule has 4 N–H and O–H groups in total. The number of fused-ring (bicyclic) bond motifs is 1. The molecule has 1 aromatic carbocycles. The third-order valence-electron chi connectivity index (χ3n) is 4.45. The first-order valence-corrected chi connectivity index (χ1v) is 9.40. The number of nitro benzene ring substituents is 1. The molecule has 5 unspecified atom stereocenters. The van der Waals surface area contributed by atoms with Gasteiger partial charge in [0.2, 0.25) is 0 Å². The van der Waals surface area contributed by atoms with Crippen LogP contribution in [0.3, 0.4) is 0 Å². The number of ether oxygens (including phenoxy) is 1. The number of benzene rings is 1. The van der Waals surface area contributed by atoms with Gasteiger partial charge in [0, 0.05) is 0 Å². The van der Waals surface area contributed by atoms with Gasteiger partial charge >= 0.3 is 153 Å². The standard InChI is InChI=1S/C14H18N4O7Se/c1-2-17(11-13(21)12(20)8(5-19)25-14(11)22)6-3-4-7(18(23)24)10-9(6)15-26-16-10/h3-4,8,11-14,19-22H,2,5H2,1H3. The van der Waals surface area contributed by atoms with Crippen LogP contribution in [0, 0.1) is 10.1 Å². The normalized spacial score (nSPS) is 29.0. The monoisotopic (exact) mass is 434 g/mol. The van der Waals surface area contributed by atoms with Gasteiger partial charge in [-0.05, 0) is 0 Å². The van der Waals surface area contributed by atoms with Crippen molar-refractivity contribution in [1.82, 2.24) is 7.96 Å². The zero-order valence-corrected chi connectivity index (χ0v) is 15.4. The predicted octanol–water partition coefficient (Wildman–Crippen LogP) is -1.78. The number of aromatic nitrogens is 2. The van der Waals surface area contributed by atoms with Gasteiger partial charge in [-0.1, -0.05) is 0 Å². The molecule has 2 aromatic rings. The van der Waals surface area contributed by atoms with E-state index in [2.05, 4.69) is 7.96 Å². The number of non-ortho nitro benzene ring substituents is 1. The zero-order chi connectivity index (χ0) is 19.0. The molecule has 26 heavy (non-hydrogen) atoms. The number of nitrogens with zero attached hydrogens (tertiary/aromatic N) is 4. The van der Waals surface area contributed by atoms with Crippen molar-refractivity contribution < 1.29 is 30.1 Å². The second-order valence-corrected chi connectivity index (χ2v) is 6.94. The van der Waals surface area contributed by atoms with E-state index in [4.69, 9.17) is 4.74 Å². The summed E-state index contributed by atoms with van der Waals surface area (Å²) in [5.41, 5.74) is 0.765. The number of hydrogen-bond donors (Lipinski definition) is 4. The Bertz CT molecular complexity index is 803. The van der Waals surface area contributed by atoms with E-state index >= 15 is 0 Å². The summed E-state index contributed by atoms with van der Waals surface area (Å²) in [7, 11) is 0. The van der Waals surface area contributed by atoms with E-state index in [1.165, 1.54) is 12.1 Å². The maximum atomic E-state index is 11.2. The van der Waals surface area contributed by atoms with Gasteiger partial charge in [0.15, 0.2) is 0 Å². The van der Waals surface area contributed by atoms with Crippen LogP contribution in [0.4, 0.5) is 11.4 Å². The molecule has 0 bridgehead atoms. The third kappa shape index (κ3) is 3.09.